The maximum Gasteiger partial charge on any atom is 0.248 e. The lowest BCUT2D eigenvalue weighted by atomic mass is 10.2. The molecule has 1 rings (SSSR count). The minimum absolute atomic E-state index is 0.131. The Labute approximate surface area is 164 Å². The second-order valence-electron chi connectivity index (χ2n) is 5.37. The van der Waals surface area contributed by atoms with Crippen LogP contribution in [0.1, 0.15) is 25.3 Å². The number of nitrogens with zero attached hydrogens (tertiary/aromatic N) is 3. The van der Waals surface area contributed by atoms with E-state index in [1.807, 2.05) is 32.1 Å². The maximum atomic E-state index is 12.4. The average molecular weight is 388 g/mol. The molecule has 0 spiro atoms. The van der Waals surface area contributed by atoms with Crippen molar-refractivity contribution in [2.75, 3.05) is 20.1 Å². The molecule has 2 N–H and O–H groups in total. The van der Waals surface area contributed by atoms with Crippen LogP contribution in [0.4, 0.5) is 0 Å². The smallest absolute Gasteiger partial charge is 0.248 e. The van der Waals surface area contributed by atoms with E-state index in [-0.39, 0.29) is 5.91 Å². The number of amides is 1. The number of aliphatic imine (C=N–C) groups is 2. The Morgan fingerprint density at radius 2 is 2.19 bits per heavy atom. The molecule has 0 bridgehead atoms. The average Bonchev–Trinajstić information content (AvgIpc) is 3.09. The molecule has 1 aromatic heterocycles. The Morgan fingerprint density at radius 3 is 2.78 bits per heavy atom. The molecule has 0 aliphatic heterocycles. The van der Waals surface area contributed by atoms with Crippen molar-refractivity contribution in [3.63, 3.8) is 0 Å². The van der Waals surface area contributed by atoms with E-state index >= 15 is 0 Å². The number of hydrogen-bond acceptors (Lipinski definition) is 5. The maximum absolute atomic E-state index is 12.4. The number of thioether (sulfide) groups is 1. The summed E-state index contributed by atoms with van der Waals surface area (Å²) in [5.41, 5.74) is 1.48. The molecule has 0 aromatic carbocycles. The van der Waals surface area contributed by atoms with Crippen LogP contribution in [-0.4, -0.2) is 43.4 Å². The highest BCUT2D eigenvalue weighted by Gasteiger charge is 2.11. The highest BCUT2D eigenvalue weighted by atomic mass is 32.2. The summed E-state index contributed by atoms with van der Waals surface area (Å²) in [4.78, 5) is 21.2. The van der Waals surface area contributed by atoms with Gasteiger partial charge in [-0.15, -0.1) is 18.2 Å². The van der Waals surface area contributed by atoms with Gasteiger partial charge < -0.3 is 15.2 Å². The van der Waals surface area contributed by atoms with E-state index in [0.29, 0.717) is 30.4 Å². The van der Waals surface area contributed by atoms with Crippen molar-refractivity contribution < 1.29 is 9.32 Å². The third-order valence-corrected chi connectivity index (χ3v) is 4.42. The molecule has 0 aliphatic carbocycles. The summed E-state index contributed by atoms with van der Waals surface area (Å²) in [5.74, 6) is 3.97. The fourth-order valence-electron chi connectivity index (χ4n) is 1.94. The van der Waals surface area contributed by atoms with Crippen LogP contribution < -0.4 is 10.6 Å². The minimum atomic E-state index is -0.131. The number of aryl methyl sites for hydroxylation is 1. The third-order valence-electron chi connectivity index (χ3n) is 3.24. The molecule has 0 aliphatic rings. The number of rotatable bonds is 8. The Hall–Kier alpha value is -2.79. The third kappa shape index (κ3) is 8.42. The first-order valence-corrected chi connectivity index (χ1v) is 9.36. The zero-order chi connectivity index (χ0) is 20.1. The van der Waals surface area contributed by atoms with E-state index in [1.165, 1.54) is 18.0 Å². The van der Waals surface area contributed by atoms with Crippen LogP contribution in [-0.2, 0) is 10.5 Å². The Morgan fingerprint density at radius 1 is 1.44 bits per heavy atom. The molecule has 0 radical (unpaired) electrons. The van der Waals surface area contributed by atoms with E-state index in [1.54, 1.807) is 14.0 Å². The van der Waals surface area contributed by atoms with E-state index in [4.69, 9.17) is 10.9 Å². The van der Waals surface area contributed by atoms with Crippen LogP contribution in [0, 0.1) is 19.3 Å². The first-order chi connectivity index (χ1) is 13.0. The van der Waals surface area contributed by atoms with Crippen molar-refractivity contribution in [1.82, 2.24) is 15.8 Å². The summed E-state index contributed by atoms with van der Waals surface area (Å²) >= 11 is 1.53. The summed E-state index contributed by atoms with van der Waals surface area (Å²) in [5, 5.41) is 9.73. The van der Waals surface area contributed by atoms with Gasteiger partial charge in [0.2, 0.25) is 11.9 Å². The largest absolute Gasteiger partial charge is 0.360 e. The second-order valence-corrected chi connectivity index (χ2v) is 6.38. The topological polar surface area (TPSA) is 91.9 Å². The zero-order valence-corrected chi connectivity index (χ0v) is 16.9. The molecule has 8 heteroatoms. The van der Waals surface area contributed by atoms with E-state index in [0.717, 1.165) is 16.4 Å². The predicted molar refractivity (Wildman–Crippen MR) is 112 cm³/mol. The van der Waals surface area contributed by atoms with Crippen molar-refractivity contribution in [2.45, 2.75) is 26.5 Å². The Bertz CT molecular complexity index is 784. The minimum Gasteiger partial charge on any atom is -0.360 e. The van der Waals surface area contributed by atoms with Gasteiger partial charge in [-0.25, -0.2) is 4.99 Å². The summed E-state index contributed by atoms with van der Waals surface area (Å²) in [6.07, 6.45) is 10.2. The first-order valence-electron chi connectivity index (χ1n) is 8.37. The van der Waals surface area contributed by atoms with Crippen molar-refractivity contribution >= 4 is 29.8 Å². The molecule has 0 fully saturated rings. The van der Waals surface area contributed by atoms with E-state index in [9.17, 15) is 4.79 Å². The molecule has 0 atom stereocenters. The number of hydrogen-bond donors (Lipinski definition) is 2. The van der Waals surface area contributed by atoms with Crippen LogP contribution in [0.3, 0.4) is 0 Å². The van der Waals surface area contributed by atoms with Gasteiger partial charge in [-0.05, 0) is 20.8 Å². The molecule has 1 amide bonds. The van der Waals surface area contributed by atoms with Gasteiger partial charge in [-0.3, -0.25) is 9.79 Å². The number of aromatic nitrogens is 1. The van der Waals surface area contributed by atoms with Gasteiger partial charge in [-0.2, -0.15) is 0 Å². The van der Waals surface area contributed by atoms with Gasteiger partial charge in [0.15, 0.2) is 0 Å². The van der Waals surface area contributed by atoms with Gasteiger partial charge in [0.05, 0.1) is 17.7 Å². The number of allylic oxidation sites excluding steroid dienone is 2. The van der Waals surface area contributed by atoms with Crippen LogP contribution in [0.5, 0.6) is 0 Å². The fraction of sp³-hybridized carbons (Fsp3) is 0.368. The molecule has 0 saturated heterocycles. The zero-order valence-electron chi connectivity index (χ0n) is 16.1. The number of nitrogens with one attached hydrogen (secondary N) is 2. The monoisotopic (exact) mass is 387 g/mol. The van der Waals surface area contributed by atoms with E-state index in [2.05, 4.69) is 31.7 Å². The van der Waals surface area contributed by atoms with Crippen LogP contribution >= 0.6 is 11.8 Å². The summed E-state index contributed by atoms with van der Waals surface area (Å²) in [6.45, 7) is 6.50. The summed E-state index contributed by atoms with van der Waals surface area (Å²) in [6, 6.07) is 1.89. The van der Waals surface area contributed by atoms with Gasteiger partial charge in [0.1, 0.15) is 5.76 Å². The quantitative estimate of drug-likeness (QED) is 0.179. The Balaban J connectivity index is 2.57. The van der Waals surface area contributed by atoms with Crippen LogP contribution in [0.2, 0.25) is 0 Å². The molecule has 0 unspecified atom stereocenters. The number of carbonyl (C=O) groups is 1. The highest BCUT2D eigenvalue weighted by molar-refractivity contribution is 8.02. The normalized spacial score (nSPS) is 12.9. The summed E-state index contributed by atoms with van der Waals surface area (Å²) < 4.78 is 5.21. The molecule has 27 heavy (non-hydrogen) atoms. The van der Waals surface area contributed by atoms with Crippen LogP contribution in [0.25, 0.3) is 0 Å². The SMILES string of the molecule is C#CC=NC(=NC)NCCNC(=O)/C(C)=C(/C=C\C)SCc1cc(C)no1. The Kier molecular flexibility index (Phi) is 10.3. The van der Waals surface area contributed by atoms with Gasteiger partial charge in [0.25, 0.3) is 0 Å². The summed E-state index contributed by atoms with van der Waals surface area (Å²) in [7, 11) is 1.61. The molecular weight excluding hydrogens is 362 g/mol. The lowest BCUT2D eigenvalue weighted by molar-refractivity contribution is -0.117. The molecule has 1 aromatic rings. The molecule has 0 saturated carbocycles. The molecule has 144 valence electrons. The highest BCUT2D eigenvalue weighted by Crippen LogP contribution is 2.26. The molecule has 7 nitrogen and oxygen atoms in total. The molecular formula is C19H25N5O2S. The van der Waals surface area contributed by atoms with Crippen molar-refractivity contribution in [2.24, 2.45) is 9.98 Å². The predicted octanol–water partition coefficient (Wildman–Crippen LogP) is 2.46. The van der Waals surface area contributed by atoms with Crippen molar-refractivity contribution in [3.05, 3.63) is 40.2 Å². The lowest BCUT2D eigenvalue weighted by Gasteiger charge is -2.10. The van der Waals surface area contributed by atoms with Crippen molar-refractivity contribution in [1.29, 1.82) is 0 Å². The fourth-order valence-corrected chi connectivity index (χ4v) is 2.92. The lowest BCUT2D eigenvalue weighted by Crippen LogP contribution is -2.34. The second kappa shape index (κ2) is 12.5. The number of guanidine groups is 1. The van der Waals surface area contributed by atoms with Gasteiger partial charge >= 0.3 is 0 Å². The van der Waals surface area contributed by atoms with E-state index < -0.39 is 0 Å². The standard InChI is InChI=1S/C19H25N5O2S/c1-6-8-17(27-13-16-12-14(3)24-26-16)15(4)18(25)21-10-11-23-19(20-5)22-9-7-2/h2,6,8-9,12H,10-11,13H2,1,3-5H3,(H,20,23)(H,21,25)/b8-6-,17-15-,22-9?. The van der Waals surface area contributed by atoms with Gasteiger partial charge in [-0.1, -0.05) is 23.2 Å². The first kappa shape index (κ1) is 22.3. The number of terminal acetylenes is 1. The number of carbonyl (C=O) groups excluding carboxylic acids is 1. The van der Waals surface area contributed by atoms with Gasteiger partial charge in [0, 0.05) is 36.7 Å². The molecule has 1 heterocycles. The van der Waals surface area contributed by atoms with Crippen LogP contribution in [0.15, 0.2) is 43.2 Å². The van der Waals surface area contributed by atoms with Crippen molar-refractivity contribution in [3.8, 4) is 12.3 Å².